The molecule has 39 heavy (non-hydrogen) atoms. The number of anilines is 1. The van der Waals surface area contributed by atoms with Gasteiger partial charge >= 0.3 is 12.3 Å². The maximum Gasteiger partial charge on any atom is 0.419 e. The number of nitrogens with one attached hydrogen (secondary N) is 1. The molecule has 4 rings (SSSR count). The summed E-state index contributed by atoms with van der Waals surface area (Å²) in [5.41, 5.74) is -6.58. The molecular formula is C24H16F6N4O3S2. The normalized spacial score (nSPS) is 12.1. The average Bonchev–Trinajstić information content (AvgIpc) is 3.17. The van der Waals surface area contributed by atoms with Crippen LogP contribution in [-0.2, 0) is 10.9 Å². The van der Waals surface area contributed by atoms with E-state index in [2.05, 4.69) is 15.3 Å². The summed E-state index contributed by atoms with van der Waals surface area (Å²) in [4.78, 5) is 19.5. The van der Waals surface area contributed by atoms with E-state index in [-0.39, 0.29) is 10.2 Å². The highest BCUT2D eigenvalue weighted by Crippen LogP contribution is 2.49. The molecule has 0 unspecified atom stereocenters. The fraction of sp³-hybridized carbons (Fsp3) is 0.250. The van der Waals surface area contributed by atoms with Gasteiger partial charge in [0.2, 0.25) is 5.88 Å². The van der Waals surface area contributed by atoms with Crippen molar-refractivity contribution in [2.75, 3.05) is 11.6 Å². The van der Waals surface area contributed by atoms with Crippen molar-refractivity contribution in [1.29, 1.82) is 5.26 Å². The first-order valence-electron chi connectivity index (χ1n) is 10.8. The number of nitrogens with zero attached hydrogens (tertiary/aromatic N) is 3. The van der Waals surface area contributed by atoms with E-state index in [0.29, 0.717) is 11.3 Å². The summed E-state index contributed by atoms with van der Waals surface area (Å²) in [6.07, 6.45) is -5.11. The fourth-order valence-corrected chi connectivity index (χ4v) is 5.26. The van der Waals surface area contributed by atoms with Crippen molar-refractivity contribution in [1.82, 2.24) is 9.97 Å². The van der Waals surface area contributed by atoms with Crippen molar-refractivity contribution in [3.05, 3.63) is 40.7 Å². The number of hydrogen-bond donors (Lipinski definition) is 2. The summed E-state index contributed by atoms with van der Waals surface area (Å²) in [5, 5.41) is 20.0. The number of thiophene rings is 1. The van der Waals surface area contributed by atoms with Crippen LogP contribution in [0.15, 0.2) is 17.3 Å². The Morgan fingerprint density at radius 3 is 2.36 bits per heavy atom. The van der Waals surface area contributed by atoms with Crippen LogP contribution in [-0.4, -0.2) is 33.0 Å². The number of amides is 1. The zero-order valence-electron chi connectivity index (χ0n) is 20.3. The van der Waals surface area contributed by atoms with Crippen LogP contribution in [0.5, 0.6) is 5.88 Å². The van der Waals surface area contributed by atoms with E-state index in [1.165, 1.54) is 6.26 Å². The third-order valence-electron chi connectivity index (χ3n) is 5.24. The van der Waals surface area contributed by atoms with E-state index in [4.69, 9.17) is 4.74 Å². The molecule has 0 saturated carbocycles. The minimum atomic E-state index is -5.51. The van der Waals surface area contributed by atoms with Gasteiger partial charge in [0.1, 0.15) is 39.0 Å². The number of aromatic nitrogens is 2. The zero-order valence-corrected chi connectivity index (χ0v) is 22.0. The SMILES string of the molecule is CSc1nc(O)c2c(F)c(C(F)(F)F)c(-c3ccc(F)c4sc(NC(=O)OC(C)(C)C)c(C#N)c34)c(F)c2n1. The summed E-state index contributed by atoms with van der Waals surface area (Å²) in [7, 11) is 0. The van der Waals surface area contributed by atoms with Crippen LogP contribution in [0, 0.1) is 28.8 Å². The van der Waals surface area contributed by atoms with Crippen LogP contribution < -0.4 is 5.32 Å². The molecule has 15 heteroatoms. The maximum absolute atomic E-state index is 15.9. The standard InChI is InChI=1S/C24H16F6N4O3S2/c1-23(2,3)37-22(36)34-20-9(7-31)11-8(5-6-10(25)18(11)39-20)12-14(24(28,29)30)15(26)13-17(16(12)27)32-21(38-4)33-19(13)35/h5-6H,1-4H3,(H,34,36)(H,32,33,35). The summed E-state index contributed by atoms with van der Waals surface area (Å²) in [6, 6.07) is 3.17. The Hall–Kier alpha value is -3.77. The predicted octanol–water partition coefficient (Wildman–Crippen LogP) is 7.59. The molecule has 7 nitrogen and oxygen atoms in total. The highest BCUT2D eigenvalue weighted by molar-refractivity contribution is 7.98. The number of nitriles is 1. The van der Waals surface area contributed by atoms with Crippen molar-refractivity contribution < 1.29 is 41.0 Å². The highest BCUT2D eigenvalue weighted by Gasteiger charge is 2.42. The van der Waals surface area contributed by atoms with E-state index in [0.717, 1.165) is 23.9 Å². The Morgan fingerprint density at radius 1 is 1.13 bits per heavy atom. The molecule has 0 saturated heterocycles. The quantitative estimate of drug-likeness (QED) is 0.145. The molecule has 2 aromatic carbocycles. The van der Waals surface area contributed by atoms with Gasteiger partial charge in [-0.25, -0.2) is 22.9 Å². The number of carbonyl (C=O) groups excluding carboxylic acids is 1. The molecule has 0 aliphatic carbocycles. The monoisotopic (exact) mass is 586 g/mol. The molecule has 0 atom stereocenters. The van der Waals surface area contributed by atoms with Gasteiger partial charge < -0.3 is 9.84 Å². The minimum Gasteiger partial charge on any atom is -0.493 e. The molecule has 0 fully saturated rings. The highest BCUT2D eigenvalue weighted by atomic mass is 32.2. The number of fused-ring (bicyclic) bond motifs is 2. The lowest BCUT2D eigenvalue weighted by Gasteiger charge is -2.19. The first kappa shape index (κ1) is 28.2. The van der Waals surface area contributed by atoms with E-state index < -0.39 is 84.4 Å². The number of alkyl halides is 3. The molecule has 204 valence electrons. The zero-order chi connectivity index (χ0) is 29.0. The van der Waals surface area contributed by atoms with Crippen LogP contribution >= 0.6 is 23.1 Å². The lowest BCUT2D eigenvalue weighted by molar-refractivity contribution is -0.139. The summed E-state index contributed by atoms with van der Waals surface area (Å²) < 4.78 is 93.7. The molecule has 2 heterocycles. The van der Waals surface area contributed by atoms with Gasteiger partial charge in [0.05, 0.1) is 10.3 Å². The number of thioether (sulfide) groups is 1. The number of carbonyl (C=O) groups is 1. The minimum absolute atomic E-state index is 0.259. The lowest BCUT2D eigenvalue weighted by atomic mass is 9.92. The van der Waals surface area contributed by atoms with Crippen LogP contribution in [0.1, 0.15) is 31.9 Å². The van der Waals surface area contributed by atoms with Gasteiger partial charge in [-0.1, -0.05) is 17.8 Å². The number of aromatic hydroxyl groups is 1. The Kier molecular flexibility index (Phi) is 7.07. The number of ether oxygens (including phenoxy) is 1. The first-order chi connectivity index (χ1) is 18.1. The average molecular weight is 587 g/mol. The van der Waals surface area contributed by atoms with Crippen molar-refractivity contribution in [2.24, 2.45) is 0 Å². The molecular weight excluding hydrogens is 570 g/mol. The fourth-order valence-electron chi connectivity index (χ4n) is 3.83. The second-order valence-electron chi connectivity index (χ2n) is 8.98. The van der Waals surface area contributed by atoms with Crippen LogP contribution in [0.25, 0.3) is 32.1 Å². The van der Waals surface area contributed by atoms with E-state index in [1.807, 2.05) is 0 Å². The Bertz CT molecular complexity index is 1710. The smallest absolute Gasteiger partial charge is 0.419 e. The van der Waals surface area contributed by atoms with E-state index in [1.54, 1.807) is 26.8 Å². The molecule has 2 aromatic heterocycles. The largest absolute Gasteiger partial charge is 0.493 e. The van der Waals surface area contributed by atoms with Gasteiger partial charge in [-0.15, -0.1) is 11.3 Å². The molecule has 0 bridgehead atoms. The summed E-state index contributed by atoms with van der Waals surface area (Å²) in [6.45, 7) is 4.67. The van der Waals surface area contributed by atoms with Crippen LogP contribution in [0.4, 0.5) is 36.1 Å². The number of benzene rings is 2. The molecule has 4 aromatic rings. The van der Waals surface area contributed by atoms with Crippen LogP contribution in [0.3, 0.4) is 0 Å². The molecule has 2 N–H and O–H groups in total. The van der Waals surface area contributed by atoms with E-state index >= 15 is 8.78 Å². The number of halogens is 6. The first-order valence-corrected chi connectivity index (χ1v) is 12.8. The number of hydrogen-bond acceptors (Lipinski definition) is 8. The van der Waals surface area contributed by atoms with Gasteiger partial charge in [-0.3, -0.25) is 5.32 Å². The summed E-state index contributed by atoms with van der Waals surface area (Å²) in [5.74, 6) is -5.94. The van der Waals surface area contributed by atoms with Crippen molar-refractivity contribution in [3.63, 3.8) is 0 Å². The topological polar surface area (TPSA) is 108 Å². The van der Waals surface area contributed by atoms with Gasteiger partial charge in [0.25, 0.3) is 0 Å². The molecule has 0 aliphatic rings. The second-order valence-corrected chi connectivity index (χ2v) is 10.8. The number of rotatable bonds is 3. The molecule has 0 spiro atoms. The Morgan fingerprint density at radius 2 is 1.79 bits per heavy atom. The molecule has 1 amide bonds. The Balaban J connectivity index is 2.13. The van der Waals surface area contributed by atoms with Crippen LogP contribution in [0.2, 0.25) is 0 Å². The molecule has 0 radical (unpaired) electrons. The van der Waals surface area contributed by atoms with Gasteiger partial charge in [-0.05, 0) is 38.7 Å². The Labute approximate surface area is 224 Å². The van der Waals surface area contributed by atoms with Crippen molar-refractivity contribution in [3.8, 4) is 23.1 Å². The second kappa shape index (κ2) is 9.76. The third-order valence-corrected chi connectivity index (χ3v) is 6.90. The summed E-state index contributed by atoms with van der Waals surface area (Å²) >= 11 is 1.31. The third kappa shape index (κ3) is 5.01. The van der Waals surface area contributed by atoms with Gasteiger partial charge in [0.15, 0.2) is 16.8 Å². The predicted molar refractivity (Wildman–Crippen MR) is 133 cm³/mol. The van der Waals surface area contributed by atoms with E-state index in [9.17, 15) is 32.7 Å². The van der Waals surface area contributed by atoms with Crippen molar-refractivity contribution in [2.45, 2.75) is 37.7 Å². The lowest BCUT2D eigenvalue weighted by Crippen LogP contribution is -2.27. The van der Waals surface area contributed by atoms with Gasteiger partial charge in [-0.2, -0.15) is 23.4 Å². The van der Waals surface area contributed by atoms with Gasteiger partial charge in [0, 0.05) is 10.9 Å². The molecule has 0 aliphatic heterocycles. The van der Waals surface area contributed by atoms with Crippen molar-refractivity contribution >= 4 is 55.2 Å². The maximum atomic E-state index is 15.9.